The van der Waals surface area contributed by atoms with Gasteiger partial charge >= 0.3 is 0 Å². The van der Waals surface area contributed by atoms with Gasteiger partial charge in [0.15, 0.2) is 0 Å². The Bertz CT molecular complexity index is 661. The van der Waals surface area contributed by atoms with E-state index in [4.69, 9.17) is 4.52 Å². The average molecular weight is 258 g/mol. The molecule has 3 heteroatoms. The Labute approximate surface area is 107 Å². The summed E-state index contributed by atoms with van der Waals surface area (Å²) in [6.07, 6.45) is 0.527. The minimum atomic E-state index is -2.75. The predicted molar refractivity (Wildman–Crippen MR) is 75.0 cm³/mol. The molecule has 1 unspecified atom stereocenters. The molecule has 0 aliphatic carbocycles. The third-order valence-corrected chi connectivity index (χ3v) is 6.02. The van der Waals surface area contributed by atoms with Crippen molar-refractivity contribution < 1.29 is 9.09 Å². The van der Waals surface area contributed by atoms with E-state index in [0.29, 0.717) is 6.16 Å². The molecule has 0 fully saturated rings. The summed E-state index contributed by atoms with van der Waals surface area (Å²) in [4.78, 5) is 0. The molecule has 2 nitrogen and oxygen atoms in total. The quantitative estimate of drug-likeness (QED) is 0.723. The van der Waals surface area contributed by atoms with Crippen LogP contribution in [0.1, 0.15) is 12.5 Å². The maximum Gasteiger partial charge on any atom is 0.277 e. The van der Waals surface area contributed by atoms with E-state index in [0.717, 1.165) is 27.7 Å². The fourth-order valence-electron chi connectivity index (χ4n) is 2.52. The molecular weight excluding hydrogens is 243 g/mol. The van der Waals surface area contributed by atoms with Gasteiger partial charge < -0.3 is 4.52 Å². The maximum absolute atomic E-state index is 13.0. The van der Waals surface area contributed by atoms with E-state index in [-0.39, 0.29) is 0 Å². The second-order valence-corrected chi connectivity index (χ2v) is 7.16. The van der Waals surface area contributed by atoms with Gasteiger partial charge in [0.1, 0.15) is 5.75 Å². The highest BCUT2D eigenvalue weighted by Crippen LogP contribution is 2.54. The molecule has 1 heterocycles. The normalized spacial score (nSPS) is 20.8. The average Bonchev–Trinajstić information content (AvgIpc) is 2.39. The van der Waals surface area contributed by atoms with Crippen molar-refractivity contribution in [3.05, 3.63) is 48.0 Å². The van der Waals surface area contributed by atoms with Gasteiger partial charge in [0.05, 0.1) is 5.30 Å². The van der Waals surface area contributed by atoms with Crippen LogP contribution in [-0.4, -0.2) is 6.16 Å². The number of para-hydroxylation sites is 1. The molecule has 0 amide bonds. The first-order chi connectivity index (χ1) is 8.65. The summed E-state index contributed by atoms with van der Waals surface area (Å²) in [5, 5.41) is 0.895. The summed E-state index contributed by atoms with van der Waals surface area (Å²) in [5.74, 6) is 0.737. The topological polar surface area (TPSA) is 26.3 Å². The van der Waals surface area contributed by atoms with E-state index in [1.807, 2.05) is 56.3 Å². The van der Waals surface area contributed by atoms with Gasteiger partial charge in [-0.25, -0.2) is 0 Å². The molecule has 0 aromatic heterocycles. The zero-order chi connectivity index (χ0) is 12.8. The van der Waals surface area contributed by atoms with Crippen LogP contribution in [0, 0.1) is 6.92 Å². The van der Waals surface area contributed by atoms with Crippen molar-refractivity contribution in [1.82, 2.24) is 0 Å². The van der Waals surface area contributed by atoms with Crippen LogP contribution in [0.3, 0.4) is 0 Å². The van der Waals surface area contributed by atoms with Gasteiger partial charge in [0.25, 0.3) is 7.37 Å². The number of hydrogen-bond acceptors (Lipinski definition) is 2. The second kappa shape index (κ2) is 4.00. The van der Waals surface area contributed by atoms with Gasteiger partial charge in [0.2, 0.25) is 0 Å². The number of benzene rings is 2. The Balaban J connectivity index is 2.39. The molecule has 0 N–H and O–H groups in total. The Morgan fingerprint density at radius 2 is 1.78 bits per heavy atom. The molecule has 0 saturated heterocycles. The number of fused-ring (bicyclic) bond motifs is 3. The SMILES string of the molecule is CCP1(=O)Oc2ccccc2-c2cccc(C)c21. The summed E-state index contributed by atoms with van der Waals surface area (Å²) in [6.45, 7) is 3.92. The van der Waals surface area contributed by atoms with Crippen LogP contribution in [0.15, 0.2) is 42.5 Å². The summed E-state index contributed by atoms with van der Waals surface area (Å²) >= 11 is 0. The minimum Gasteiger partial charge on any atom is -0.439 e. The van der Waals surface area contributed by atoms with Crippen molar-refractivity contribution in [3.63, 3.8) is 0 Å². The van der Waals surface area contributed by atoms with Gasteiger partial charge in [-0.05, 0) is 24.1 Å². The molecule has 3 rings (SSSR count). The van der Waals surface area contributed by atoms with Crippen molar-refractivity contribution in [3.8, 4) is 16.9 Å². The Hall–Kier alpha value is -1.53. The third kappa shape index (κ3) is 1.53. The molecule has 0 bridgehead atoms. The van der Waals surface area contributed by atoms with Gasteiger partial charge in [-0.2, -0.15) is 0 Å². The van der Waals surface area contributed by atoms with Crippen LogP contribution in [0.25, 0.3) is 11.1 Å². The number of rotatable bonds is 1. The van der Waals surface area contributed by atoms with Crippen LogP contribution in [-0.2, 0) is 4.57 Å². The third-order valence-electron chi connectivity index (χ3n) is 3.42. The van der Waals surface area contributed by atoms with E-state index in [1.165, 1.54) is 0 Å². The fraction of sp³-hybridized carbons (Fsp3) is 0.200. The van der Waals surface area contributed by atoms with E-state index in [2.05, 4.69) is 0 Å². The fourth-order valence-corrected chi connectivity index (χ4v) is 4.71. The Morgan fingerprint density at radius 1 is 1.06 bits per heavy atom. The van der Waals surface area contributed by atoms with Crippen molar-refractivity contribution in [1.29, 1.82) is 0 Å². The highest BCUT2D eigenvalue weighted by Gasteiger charge is 2.35. The Kier molecular flexibility index (Phi) is 2.57. The highest BCUT2D eigenvalue weighted by molar-refractivity contribution is 7.67. The van der Waals surface area contributed by atoms with Crippen LogP contribution in [0.2, 0.25) is 0 Å². The molecule has 0 saturated carbocycles. The molecule has 0 spiro atoms. The van der Waals surface area contributed by atoms with E-state index in [1.54, 1.807) is 0 Å². The molecule has 1 atom stereocenters. The zero-order valence-corrected chi connectivity index (χ0v) is 11.4. The van der Waals surface area contributed by atoms with Gasteiger partial charge in [-0.15, -0.1) is 0 Å². The van der Waals surface area contributed by atoms with E-state index < -0.39 is 7.37 Å². The standard InChI is InChI=1S/C15H15O2P/c1-3-18(16)15-11(2)7-6-9-13(15)12-8-4-5-10-14(12)17-18/h4-10H,3H2,1-2H3. The molecule has 18 heavy (non-hydrogen) atoms. The molecule has 1 aliphatic rings. The lowest BCUT2D eigenvalue weighted by Gasteiger charge is -2.29. The van der Waals surface area contributed by atoms with Crippen LogP contribution < -0.4 is 9.83 Å². The summed E-state index contributed by atoms with van der Waals surface area (Å²) in [7, 11) is -2.75. The molecule has 0 radical (unpaired) electrons. The lowest BCUT2D eigenvalue weighted by Crippen LogP contribution is -2.21. The largest absolute Gasteiger partial charge is 0.439 e. The molecule has 2 aromatic carbocycles. The summed E-state index contributed by atoms with van der Waals surface area (Å²) in [6, 6.07) is 13.9. The van der Waals surface area contributed by atoms with Crippen molar-refractivity contribution in [2.45, 2.75) is 13.8 Å². The first kappa shape index (κ1) is 11.6. The lowest BCUT2D eigenvalue weighted by molar-refractivity contribution is 0.492. The molecule has 2 aromatic rings. The molecule has 1 aliphatic heterocycles. The Morgan fingerprint density at radius 3 is 2.56 bits per heavy atom. The van der Waals surface area contributed by atoms with Gasteiger partial charge in [0, 0.05) is 11.7 Å². The minimum absolute atomic E-state index is 0.527. The monoisotopic (exact) mass is 258 g/mol. The molecule has 92 valence electrons. The summed E-state index contributed by atoms with van der Waals surface area (Å²) < 4.78 is 18.8. The van der Waals surface area contributed by atoms with Crippen LogP contribution in [0.5, 0.6) is 5.75 Å². The zero-order valence-electron chi connectivity index (χ0n) is 10.5. The lowest BCUT2D eigenvalue weighted by atomic mass is 10.0. The summed E-state index contributed by atoms with van der Waals surface area (Å²) in [5.41, 5.74) is 3.14. The van der Waals surface area contributed by atoms with E-state index >= 15 is 0 Å². The maximum atomic E-state index is 13.0. The van der Waals surface area contributed by atoms with Crippen molar-refractivity contribution in [2.75, 3.05) is 6.16 Å². The molecular formula is C15H15O2P. The predicted octanol–water partition coefficient (Wildman–Crippen LogP) is 3.98. The van der Waals surface area contributed by atoms with Gasteiger partial charge in [-0.1, -0.05) is 43.3 Å². The smallest absolute Gasteiger partial charge is 0.277 e. The first-order valence-electron chi connectivity index (χ1n) is 6.14. The van der Waals surface area contributed by atoms with Crippen LogP contribution in [0.4, 0.5) is 0 Å². The highest BCUT2D eigenvalue weighted by atomic mass is 31.2. The van der Waals surface area contributed by atoms with Gasteiger partial charge in [-0.3, -0.25) is 4.57 Å². The van der Waals surface area contributed by atoms with E-state index in [9.17, 15) is 4.57 Å². The van der Waals surface area contributed by atoms with Crippen molar-refractivity contribution in [2.24, 2.45) is 0 Å². The number of hydrogen-bond donors (Lipinski definition) is 0. The van der Waals surface area contributed by atoms with Crippen LogP contribution >= 0.6 is 7.37 Å². The second-order valence-electron chi connectivity index (χ2n) is 4.55. The first-order valence-corrected chi connectivity index (χ1v) is 7.95. The number of aryl methyl sites for hydroxylation is 1. The van der Waals surface area contributed by atoms with Crippen molar-refractivity contribution >= 4 is 12.7 Å².